The normalized spacial score (nSPS) is 23.5. The molecule has 0 aromatic heterocycles. The summed E-state index contributed by atoms with van der Waals surface area (Å²) in [6.45, 7) is 5.04. The van der Waals surface area contributed by atoms with E-state index in [0.29, 0.717) is 6.54 Å². The molecule has 2 heterocycles. The van der Waals surface area contributed by atoms with Crippen LogP contribution in [0.15, 0.2) is 54.6 Å². The molecule has 2 aromatic carbocycles. The first-order chi connectivity index (χ1) is 11.1. The van der Waals surface area contributed by atoms with Gasteiger partial charge in [-0.25, -0.2) is 0 Å². The molecule has 0 saturated carbocycles. The third kappa shape index (κ3) is 1.80. The van der Waals surface area contributed by atoms with Gasteiger partial charge in [-0.05, 0) is 43.7 Å². The minimum absolute atomic E-state index is 0.0883. The molecule has 23 heavy (non-hydrogen) atoms. The molecule has 0 fully saturated rings. The second-order valence-corrected chi connectivity index (χ2v) is 6.69. The Morgan fingerprint density at radius 3 is 2.61 bits per heavy atom. The molecule has 1 unspecified atom stereocenters. The maximum absolute atomic E-state index is 9.61. The van der Waals surface area contributed by atoms with Gasteiger partial charge < -0.3 is 14.7 Å². The van der Waals surface area contributed by atoms with Crippen molar-refractivity contribution in [1.29, 1.82) is 0 Å². The number of anilines is 1. The Balaban J connectivity index is 1.91. The Bertz CT molecular complexity index is 781. The van der Waals surface area contributed by atoms with Gasteiger partial charge in [0, 0.05) is 17.8 Å². The predicted molar refractivity (Wildman–Crippen MR) is 92.7 cm³/mol. The number of ether oxygens (including phenoxy) is 1. The van der Waals surface area contributed by atoms with Crippen molar-refractivity contribution in [3.8, 4) is 5.75 Å². The number of hydrogen-bond donors (Lipinski definition) is 1. The highest BCUT2D eigenvalue weighted by molar-refractivity contribution is 5.72. The summed E-state index contributed by atoms with van der Waals surface area (Å²) < 4.78 is 6.57. The Kier molecular flexibility index (Phi) is 3.03. The Hall–Kier alpha value is -2.26. The highest BCUT2D eigenvalue weighted by atomic mass is 16.5. The molecule has 2 aliphatic rings. The van der Waals surface area contributed by atoms with Crippen LogP contribution in [-0.4, -0.2) is 24.0 Å². The van der Waals surface area contributed by atoms with Gasteiger partial charge in [-0.3, -0.25) is 0 Å². The topological polar surface area (TPSA) is 32.7 Å². The minimum atomic E-state index is -0.617. The first kappa shape index (κ1) is 14.3. The van der Waals surface area contributed by atoms with Crippen molar-refractivity contribution >= 4 is 11.8 Å². The van der Waals surface area contributed by atoms with Crippen LogP contribution in [0.25, 0.3) is 6.08 Å². The lowest BCUT2D eigenvalue weighted by molar-refractivity contribution is 0.0504. The molecule has 1 atom stereocenters. The zero-order valence-corrected chi connectivity index (χ0v) is 13.5. The van der Waals surface area contributed by atoms with E-state index in [0.717, 1.165) is 17.0 Å². The van der Waals surface area contributed by atoms with Gasteiger partial charge in [-0.2, -0.15) is 0 Å². The van der Waals surface area contributed by atoms with Crippen LogP contribution < -0.4 is 9.64 Å². The quantitative estimate of drug-likeness (QED) is 0.920. The standard InChI is InChI=1S/C20H21NO2/c1-19(2)16-8-4-5-9-17(16)21(13-14-22)20(19)12-11-15-7-3-6-10-18(15)23-20/h3-12,22H,13-14H2,1-2H3. The molecular formula is C20H21NO2. The number of para-hydroxylation sites is 2. The summed E-state index contributed by atoms with van der Waals surface area (Å²) in [5.41, 5.74) is 2.62. The van der Waals surface area contributed by atoms with Gasteiger partial charge in [0.2, 0.25) is 5.72 Å². The second-order valence-electron chi connectivity index (χ2n) is 6.69. The molecule has 0 bridgehead atoms. The first-order valence-corrected chi connectivity index (χ1v) is 8.05. The van der Waals surface area contributed by atoms with E-state index in [1.165, 1.54) is 5.56 Å². The maximum Gasteiger partial charge on any atom is 0.212 e. The number of hydrogen-bond acceptors (Lipinski definition) is 3. The maximum atomic E-state index is 9.61. The second kappa shape index (κ2) is 4.87. The summed E-state index contributed by atoms with van der Waals surface area (Å²) in [4.78, 5) is 2.19. The number of nitrogens with zero attached hydrogens (tertiary/aromatic N) is 1. The van der Waals surface area contributed by atoms with Crippen LogP contribution in [0, 0.1) is 0 Å². The van der Waals surface area contributed by atoms with Gasteiger partial charge in [0.25, 0.3) is 0 Å². The van der Waals surface area contributed by atoms with Crippen molar-refractivity contribution in [2.45, 2.75) is 25.0 Å². The lowest BCUT2D eigenvalue weighted by Crippen LogP contribution is -2.60. The van der Waals surface area contributed by atoms with E-state index in [1.54, 1.807) is 0 Å². The molecule has 2 aromatic rings. The van der Waals surface area contributed by atoms with Gasteiger partial charge in [0.1, 0.15) is 5.75 Å². The molecule has 2 aliphatic heterocycles. The van der Waals surface area contributed by atoms with Crippen LogP contribution >= 0.6 is 0 Å². The van der Waals surface area contributed by atoms with Crippen molar-refractivity contribution in [3.63, 3.8) is 0 Å². The number of aliphatic hydroxyl groups excluding tert-OH is 1. The van der Waals surface area contributed by atoms with E-state index in [4.69, 9.17) is 4.74 Å². The SMILES string of the molecule is CC1(C)c2ccccc2N(CCO)C12C=Cc1ccccc1O2. The summed E-state index contributed by atoms with van der Waals surface area (Å²) in [5, 5.41) is 9.61. The van der Waals surface area contributed by atoms with Crippen LogP contribution in [0.5, 0.6) is 5.75 Å². The molecular weight excluding hydrogens is 286 g/mol. The van der Waals surface area contributed by atoms with E-state index in [9.17, 15) is 5.11 Å². The number of fused-ring (bicyclic) bond motifs is 2. The molecule has 3 nitrogen and oxygen atoms in total. The van der Waals surface area contributed by atoms with Crippen molar-refractivity contribution in [2.75, 3.05) is 18.1 Å². The smallest absolute Gasteiger partial charge is 0.212 e. The molecule has 0 saturated heterocycles. The molecule has 0 radical (unpaired) electrons. The van der Waals surface area contributed by atoms with Gasteiger partial charge in [0.05, 0.1) is 12.0 Å². The van der Waals surface area contributed by atoms with Gasteiger partial charge in [-0.15, -0.1) is 0 Å². The predicted octanol–water partition coefficient (Wildman–Crippen LogP) is 3.58. The van der Waals surface area contributed by atoms with E-state index in [-0.39, 0.29) is 12.0 Å². The van der Waals surface area contributed by atoms with Crippen LogP contribution in [0.3, 0.4) is 0 Å². The van der Waals surface area contributed by atoms with Gasteiger partial charge in [-0.1, -0.05) is 36.4 Å². The van der Waals surface area contributed by atoms with Gasteiger partial charge >= 0.3 is 0 Å². The molecule has 1 spiro atoms. The van der Waals surface area contributed by atoms with E-state index >= 15 is 0 Å². The van der Waals surface area contributed by atoms with Crippen LogP contribution in [-0.2, 0) is 5.41 Å². The van der Waals surface area contributed by atoms with Crippen molar-refractivity contribution in [1.82, 2.24) is 0 Å². The molecule has 1 N–H and O–H groups in total. The molecule has 118 valence electrons. The molecule has 0 amide bonds. The lowest BCUT2D eigenvalue weighted by Gasteiger charge is -2.47. The van der Waals surface area contributed by atoms with Crippen LogP contribution in [0.2, 0.25) is 0 Å². The van der Waals surface area contributed by atoms with E-state index in [2.05, 4.69) is 55.2 Å². The third-order valence-electron chi connectivity index (χ3n) is 5.16. The molecule has 3 heteroatoms. The molecule has 0 aliphatic carbocycles. The Morgan fingerprint density at radius 2 is 1.78 bits per heavy atom. The zero-order valence-electron chi connectivity index (χ0n) is 13.5. The summed E-state index contributed by atoms with van der Waals surface area (Å²) in [6.07, 6.45) is 4.28. The first-order valence-electron chi connectivity index (χ1n) is 8.05. The average Bonchev–Trinajstić information content (AvgIpc) is 2.75. The van der Waals surface area contributed by atoms with E-state index < -0.39 is 5.72 Å². The summed E-state index contributed by atoms with van der Waals surface area (Å²) in [5.74, 6) is 0.888. The average molecular weight is 307 g/mol. The highest BCUT2D eigenvalue weighted by Crippen LogP contribution is 2.54. The van der Waals surface area contributed by atoms with Crippen molar-refractivity contribution in [2.24, 2.45) is 0 Å². The Morgan fingerprint density at radius 1 is 1.04 bits per heavy atom. The van der Waals surface area contributed by atoms with E-state index in [1.807, 2.05) is 24.3 Å². The minimum Gasteiger partial charge on any atom is -0.463 e. The van der Waals surface area contributed by atoms with Crippen LogP contribution in [0.4, 0.5) is 5.69 Å². The Labute approximate surface area is 136 Å². The summed E-state index contributed by atoms with van der Waals surface area (Å²) >= 11 is 0. The summed E-state index contributed by atoms with van der Waals surface area (Å²) in [7, 11) is 0. The van der Waals surface area contributed by atoms with Crippen LogP contribution in [0.1, 0.15) is 25.0 Å². The lowest BCUT2D eigenvalue weighted by atomic mass is 9.76. The number of benzene rings is 2. The third-order valence-corrected chi connectivity index (χ3v) is 5.16. The number of β-amino-alcohol motifs (C(OH)–C–C–N with tert-alkyl or cyclic N) is 1. The number of rotatable bonds is 2. The fraction of sp³-hybridized carbons (Fsp3) is 0.300. The molecule has 4 rings (SSSR count). The summed E-state index contributed by atoms with van der Waals surface area (Å²) in [6, 6.07) is 16.5. The largest absolute Gasteiger partial charge is 0.463 e. The fourth-order valence-corrected chi connectivity index (χ4v) is 3.93. The number of aliphatic hydroxyl groups is 1. The monoisotopic (exact) mass is 307 g/mol. The highest BCUT2D eigenvalue weighted by Gasteiger charge is 2.58. The zero-order chi connectivity index (χ0) is 16.1. The van der Waals surface area contributed by atoms with Crippen molar-refractivity contribution < 1.29 is 9.84 Å². The van der Waals surface area contributed by atoms with Gasteiger partial charge in [0.15, 0.2) is 0 Å². The fourth-order valence-electron chi connectivity index (χ4n) is 3.93. The van der Waals surface area contributed by atoms with Crippen molar-refractivity contribution in [3.05, 3.63) is 65.7 Å².